The van der Waals surface area contributed by atoms with Gasteiger partial charge in [-0.1, -0.05) is 6.07 Å². The molecule has 0 atom stereocenters. The second-order valence-corrected chi connectivity index (χ2v) is 2.65. The summed E-state index contributed by atoms with van der Waals surface area (Å²) in [6.07, 6.45) is 1.63. The molecule has 0 aliphatic rings. The summed E-state index contributed by atoms with van der Waals surface area (Å²) in [6.45, 7) is 0.371. The molecule has 1 amide bonds. The topological polar surface area (TPSA) is 77.2 Å². The van der Waals surface area contributed by atoms with Crippen molar-refractivity contribution in [3.05, 3.63) is 23.9 Å². The van der Waals surface area contributed by atoms with E-state index < -0.39 is 0 Å². The minimum atomic E-state index is -0.198. The Morgan fingerprint density at radius 1 is 1.71 bits per heavy atom. The van der Waals surface area contributed by atoms with E-state index in [1.807, 2.05) is 6.07 Å². The number of hydrogen-bond donors (Lipinski definition) is 2. The SMILES string of the molecule is COc1ncccc1CNC(=O)CN. The van der Waals surface area contributed by atoms with Gasteiger partial charge < -0.3 is 15.8 Å². The van der Waals surface area contributed by atoms with Crippen molar-refractivity contribution in [3.8, 4) is 5.88 Å². The second-order valence-electron chi connectivity index (χ2n) is 2.65. The van der Waals surface area contributed by atoms with Gasteiger partial charge in [0.1, 0.15) is 0 Å². The summed E-state index contributed by atoms with van der Waals surface area (Å²) in [6, 6.07) is 3.62. The predicted octanol–water partition coefficient (Wildman–Crippen LogP) is -0.335. The van der Waals surface area contributed by atoms with Crippen LogP contribution in [0.3, 0.4) is 0 Å². The largest absolute Gasteiger partial charge is 0.481 e. The number of rotatable bonds is 4. The summed E-state index contributed by atoms with van der Waals surface area (Å²) in [5.41, 5.74) is 5.98. The van der Waals surface area contributed by atoms with Gasteiger partial charge in [0.05, 0.1) is 13.7 Å². The van der Waals surface area contributed by atoms with Gasteiger partial charge in [0.15, 0.2) is 0 Å². The van der Waals surface area contributed by atoms with Gasteiger partial charge in [-0.15, -0.1) is 0 Å². The maximum absolute atomic E-state index is 10.9. The second kappa shape index (κ2) is 5.18. The Morgan fingerprint density at radius 2 is 2.50 bits per heavy atom. The molecule has 3 N–H and O–H groups in total. The predicted molar refractivity (Wildman–Crippen MR) is 51.7 cm³/mol. The van der Waals surface area contributed by atoms with Crippen LogP contribution in [-0.4, -0.2) is 24.5 Å². The number of nitrogens with one attached hydrogen (secondary N) is 1. The highest BCUT2D eigenvalue weighted by Crippen LogP contribution is 2.12. The Morgan fingerprint density at radius 3 is 3.14 bits per heavy atom. The van der Waals surface area contributed by atoms with Crippen LogP contribution in [-0.2, 0) is 11.3 Å². The molecule has 0 unspecified atom stereocenters. The van der Waals surface area contributed by atoms with Crippen molar-refractivity contribution in [2.75, 3.05) is 13.7 Å². The normalized spacial score (nSPS) is 9.57. The van der Waals surface area contributed by atoms with Crippen LogP contribution in [0.2, 0.25) is 0 Å². The average molecular weight is 195 g/mol. The van der Waals surface area contributed by atoms with E-state index in [-0.39, 0.29) is 12.5 Å². The van der Waals surface area contributed by atoms with Crippen molar-refractivity contribution in [2.24, 2.45) is 5.73 Å². The maximum atomic E-state index is 10.9. The molecule has 14 heavy (non-hydrogen) atoms. The number of aromatic nitrogens is 1. The van der Waals surface area contributed by atoms with Crippen molar-refractivity contribution < 1.29 is 9.53 Å². The minimum absolute atomic E-state index is 0.0113. The van der Waals surface area contributed by atoms with Crippen LogP contribution in [0.5, 0.6) is 5.88 Å². The van der Waals surface area contributed by atoms with Gasteiger partial charge in [0.25, 0.3) is 0 Å². The van der Waals surface area contributed by atoms with Gasteiger partial charge in [-0.3, -0.25) is 4.79 Å². The molecule has 76 valence electrons. The summed E-state index contributed by atoms with van der Waals surface area (Å²) in [5, 5.41) is 2.64. The van der Waals surface area contributed by atoms with Crippen LogP contribution in [0.1, 0.15) is 5.56 Å². The van der Waals surface area contributed by atoms with Crippen molar-refractivity contribution in [2.45, 2.75) is 6.54 Å². The molecule has 1 rings (SSSR count). The van der Waals surface area contributed by atoms with E-state index >= 15 is 0 Å². The number of ether oxygens (including phenoxy) is 1. The Kier molecular flexibility index (Phi) is 3.87. The molecular weight excluding hydrogens is 182 g/mol. The van der Waals surface area contributed by atoms with Gasteiger partial charge in [-0.25, -0.2) is 4.98 Å². The third kappa shape index (κ3) is 2.70. The lowest BCUT2D eigenvalue weighted by atomic mass is 10.2. The highest BCUT2D eigenvalue weighted by molar-refractivity contribution is 5.77. The first-order valence-corrected chi connectivity index (χ1v) is 4.22. The van der Waals surface area contributed by atoms with E-state index in [1.165, 1.54) is 7.11 Å². The molecule has 0 saturated heterocycles. The molecule has 0 saturated carbocycles. The summed E-state index contributed by atoms with van der Waals surface area (Å²) in [7, 11) is 1.54. The number of amides is 1. The van der Waals surface area contributed by atoms with Gasteiger partial charge in [0, 0.05) is 18.3 Å². The highest BCUT2D eigenvalue weighted by atomic mass is 16.5. The molecule has 5 heteroatoms. The van der Waals surface area contributed by atoms with Gasteiger partial charge in [0.2, 0.25) is 11.8 Å². The first kappa shape index (κ1) is 10.5. The third-order valence-corrected chi connectivity index (χ3v) is 1.70. The Labute approximate surface area is 82.3 Å². The minimum Gasteiger partial charge on any atom is -0.481 e. The summed E-state index contributed by atoms with van der Waals surface area (Å²) < 4.78 is 5.02. The van der Waals surface area contributed by atoms with E-state index in [0.29, 0.717) is 12.4 Å². The number of pyridine rings is 1. The van der Waals surface area contributed by atoms with E-state index in [9.17, 15) is 4.79 Å². The lowest BCUT2D eigenvalue weighted by molar-refractivity contribution is -0.119. The zero-order valence-corrected chi connectivity index (χ0v) is 7.99. The fraction of sp³-hybridized carbons (Fsp3) is 0.333. The highest BCUT2D eigenvalue weighted by Gasteiger charge is 2.03. The lowest BCUT2D eigenvalue weighted by Crippen LogP contribution is -2.29. The molecule has 0 radical (unpaired) electrons. The van der Waals surface area contributed by atoms with Gasteiger partial charge >= 0.3 is 0 Å². The van der Waals surface area contributed by atoms with Crippen LogP contribution in [0.4, 0.5) is 0 Å². The van der Waals surface area contributed by atoms with E-state index in [4.69, 9.17) is 10.5 Å². The van der Waals surface area contributed by atoms with Crippen molar-refractivity contribution in [3.63, 3.8) is 0 Å². The van der Waals surface area contributed by atoms with Crippen LogP contribution < -0.4 is 15.8 Å². The van der Waals surface area contributed by atoms with E-state index in [1.54, 1.807) is 12.3 Å². The Hall–Kier alpha value is -1.62. The summed E-state index contributed by atoms with van der Waals surface area (Å²) in [4.78, 5) is 14.9. The Balaban J connectivity index is 2.61. The monoisotopic (exact) mass is 195 g/mol. The number of hydrogen-bond acceptors (Lipinski definition) is 4. The lowest BCUT2D eigenvalue weighted by Gasteiger charge is -2.07. The first-order chi connectivity index (χ1) is 6.77. The zero-order valence-electron chi connectivity index (χ0n) is 7.99. The van der Waals surface area contributed by atoms with Crippen LogP contribution in [0, 0.1) is 0 Å². The zero-order chi connectivity index (χ0) is 10.4. The smallest absolute Gasteiger partial charge is 0.234 e. The standard InChI is InChI=1S/C9H13N3O2/c1-14-9-7(3-2-4-11-9)6-12-8(13)5-10/h2-4H,5-6,10H2,1H3,(H,12,13). The number of carbonyl (C=O) groups is 1. The number of nitrogens with two attached hydrogens (primary N) is 1. The quantitative estimate of drug-likeness (QED) is 0.689. The molecular formula is C9H13N3O2. The molecule has 0 fully saturated rings. The Bertz CT molecular complexity index is 315. The summed E-state index contributed by atoms with van der Waals surface area (Å²) in [5.74, 6) is 0.320. The molecule has 0 bridgehead atoms. The van der Waals surface area contributed by atoms with Crippen molar-refractivity contribution in [1.82, 2.24) is 10.3 Å². The average Bonchev–Trinajstić information content (AvgIpc) is 2.26. The number of nitrogens with zero attached hydrogens (tertiary/aromatic N) is 1. The fourth-order valence-electron chi connectivity index (χ4n) is 1.01. The van der Waals surface area contributed by atoms with Crippen LogP contribution >= 0.6 is 0 Å². The molecule has 5 nitrogen and oxygen atoms in total. The van der Waals surface area contributed by atoms with Crippen molar-refractivity contribution in [1.29, 1.82) is 0 Å². The third-order valence-electron chi connectivity index (χ3n) is 1.70. The van der Waals surface area contributed by atoms with Crippen LogP contribution in [0.15, 0.2) is 18.3 Å². The van der Waals surface area contributed by atoms with E-state index in [0.717, 1.165) is 5.56 Å². The fourth-order valence-corrected chi connectivity index (χ4v) is 1.01. The summed E-state index contributed by atoms with van der Waals surface area (Å²) >= 11 is 0. The van der Waals surface area contributed by atoms with Crippen LogP contribution in [0.25, 0.3) is 0 Å². The van der Waals surface area contributed by atoms with Crippen molar-refractivity contribution >= 4 is 5.91 Å². The molecule has 0 spiro atoms. The van der Waals surface area contributed by atoms with Gasteiger partial charge in [-0.2, -0.15) is 0 Å². The molecule has 1 aromatic rings. The molecule has 1 aromatic heterocycles. The number of carbonyl (C=O) groups excluding carboxylic acids is 1. The van der Waals surface area contributed by atoms with E-state index in [2.05, 4.69) is 10.3 Å². The molecule has 0 aliphatic carbocycles. The maximum Gasteiger partial charge on any atom is 0.234 e. The van der Waals surface area contributed by atoms with Gasteiger partial charge in [-0.05, 0) is 6.07 Å². The first-order valence-electron chi connectivity index (χ1n) is 4.22. The molecule has 0 aliphatic heterocycles. The molecule has 1 heterocycles. The molecule has 0 aromatic carbocycles. The number of methoxy groups -OCH3 is 1.